The monoisotopic (exact) mass is 353 g/mol. The number of carbonyl (C=O) groups is 1. The fourth-order valence-electron chi connectivity index (χ4n) is 2.96. The fraction of sp³-hybridized carbons (Fsp3) is 0.444. The normalized spacial score (nSPS) is 17.0. The molecule has 25 heavy (non-hydrogen) atoms. The molecule has 0 saturated carbocycles. The maximum Gasteiger partial charge on any atom is 0.416 e. The Morgan fingerprint density at radius 1 is 1.16 bits per heavy atom. The van der Waals surface area contributed by atoms with Crippen molar-refractivity contribution in [3.05, 3.63) is 46.8 Å². The van der Waals surface area contributed by atoms with Crippen LogP contribution >= 0.6 is 0 Å². The predicted octanol–water partition coefficient (Wildman–Crippen LogP) is 4.77. The number of hydrogen-bond acceptors (Lipinski definition) is 2. The molecule has 1 aromatic carbocycles. The average Bonchev–Trinajstić information content (AvgIpc) is 2.94. The van der Waals surface area contributed by atoms with Gasteiger partial charge < -0.3 is 4.90 Å². The lowest BCUT2D eigenvalue weighted by molar-refractivity contribution is -0.138. The molecule has 0 radical (unpaired) electrons. The van der Waals surface area contributed by atoms with E-state index in [2.05, 4.69) is 5.10 Å². The Bertz CT molecular complexity index is 780. The quantitative estimate of drug-likeness (QED) is 0.741. The van der Waals surface area contributed by atoms with Gasteiger partial charge in [-0.05, 0) is 44.5 Å². The Morgan fingerprint density at radius 2 is 1.80 bits per heavy atom. The number of fused-ring (bicyclic) bond motifs is 1. The van der Waals surface area contributed by atoms with E-state index in [1.807, 2.05) is 20.8 Å². The second-order valence-corrected chi connectivity index (χ2v) is 5.88. The number of nitrogens with zero attached hydrogens (tertiary/aromatic N) is 3. The van der Waals surface area contributed by atoms with Crippen LogP contribution in [0.15, 0.2) is 24.4 Å². The number of benzene rings is 1. The Hall–Kier alpha value is -2.31. The zero-order chi connectivity index (χ0) is 18.9. The van der Waals surface area contributed by atoms with Gasteiger partial charge in [0.15, 0.2) is 0 Å². The van der Waals surface area contributed by atoms with E-state index in [0.717, 1.165) is 11.6 Å². The van der Waals surface area contributed by atoms with Crippen LogP contribution in [0.25, 0.3) is 0 Å². The van der Waals surface area contributed by atoms with Crippen molar-refractivity contribution in [2.75, 3.05) is 11.4 Å². The third-order valence-electron chi connectivity index (χ3n) is 4.12. The summed E-state index contributed by atoms with van der Waals surface area (Å²) in [7, 11) is 0. The van der Waals surface area contributed by atoms with E-state index < -0.39 is 11.7 Å². The molecule has 0 N–H and O–H groups in total. The molecule has 136 valence electrons. The molecular weight excluding hydrogens is 331 g/mol. The van der Waals surface area contributed by atoms with Crippen LogP contribution in [0.5, 0.6) is 0 Å². The molecular formula is C18H22F3N3O. The zero-order valence-corrected chi connectivity index (χ0v) is 15.0. The number of anilines is 1. The summed E-state index contributed by atoms with van der Waals surface area (Å²) in [6.07, 6.45) is -2.76. The summed E-state index contributed by atoms with van der Waals surface area (Å²) >= 11 is 0. The van der Waals surface area contributed by atoms with Crippen molar-refractivity contribution in [2.24, 2.45) is 0 Å². The standard InChI is InChI=1S/C16H16F3N3O.C2H6/c1-9-6-12(4-5-13(9)16(17,18)19)21-8-11(3)22-14(15(21)23)10(2)7-20-22;1-2/h4-7,11H,8H2,1-3H3;1-2H3. The van der Waals surface area contributed by atoms with E-state index in [1.54, 1.807) is 17.8 Å². The summed E-state index contributed by atoms with van der Waals surface area (Å²) in [5.74, 6) is -0.239. The topological polar surface area (TPSA) is 38.1 Å². The highest BCUT2D eigenvalue weighted by Gasteiger charge is 2.35. The molecule has 2 heterocycles. The van der Waals surface area contributed by atoms with Gasteiger partial charge in [0.2, 0.25) is 0 Å². The van der Waals surface area contributed by atoms with E-state index in [0.29, 0.717) is 17.9 Å². The Kier molecular flexibility index (Phi) is 5.25. The molecule has 0 bridgehead atoms. The summed E-state index contributed by atoms with van der Waals surface area (Å²) in [6, 6.07) is 3.75. The molecule has 0 fully saturated rings. The lowest BCUT2D eigenvalue weighted by Gasteiger charge is -2.32. The number of aryl methyl sites for hydroxylation is 2. The molecule has 3 rings (SSSR count). The third kappa shape index (κ3) is 3.41. The first-order valence-electron chi connectivity index (χ1n) is 8.24. The van der Waals surface area contributed by atoms with Crippen LogP contribution in [0.1, 0.15) is 54.0 Å². The predicted molar refractivity (Wildman–Crippen MR) is 90.9 cm³/mol. The van der Waals surface area contributed by atoms with Crippen LogP contribution in [-0.2, 0) is 6.18 Å². The Labute approximate surface area is 145 Å². The van der Waals surface area contributed by atoms with Crippen LogP contribution in [-0.4, -0.2) is 22.2 Å². The van der Waals surface area contributed by atoms with Gasteiger partial charge in [0.1, 0.15) is 5.69 Å². The number of alkyl halides is 3. The van der Waals surface area contributed by atoms with Gasteiger partial charge in [-0.2, -0.15) is 18.3 Å². The maximum atomic E-state index is 12.9. The van der Waals surface area contributed by atoms with Gasteiger partial charge in [-0.3, -0.25) is 9.48 Å². The number of amides is 1. The van der Waals surface area contributed by atoms with Gasteiger partial charge >= 0.3 is 6.18 Å². The molecule has 4 nitrogen and oxygen atoms in total. The molecule has 1 aromatic heterocycles. The number of aromatic nitrogens is 2. The first kappa shape index (κ1) is 19.0. The van der Waals surface area contributed by atoms with Crippen molar-refractivity contribution in [1.82, 2.24) is 9.78 Å². The first-order chi connectivity index (χ1) is 11.7. The van der Waals surface area contributed by atoms with E-state index in [4.69, 9.17) is 0 Å². The van der Waals surface area contributed by atoms with Crippen molar-refractivity contribution in [3.8, 4) is 0 Å². The number of halogens is 3. The highest BCUT2D eigenvalue weighted by Crippen LogP contribution is 2.35. The molecule has 0 spiro atoms. The van der Waals surface area contributed by atoms with E-state index in [9.17, 15) is 18.0 Å². The van der Waals surface area contributed by atoms with Crippen molar-refractivity contribution in [1.29, 1.82) is 0 Å². The molecule has 7 heteroatoms. The minimum absolute atomic E-state index is 0.0426. The molecule has 1 amide bonds. The molecule has 1 atom stereocenters. The smallest absolute Gasteiger partial charge is 0.305 e. The van der Waals surface area contributed by atoms with Gasteiger partial charge in [0.25, 0.3) is 5.91 Å². The van der Waals surface area contributed by atoms with Gasteiger partial charge in [0.05, 0.1) is 17.8 Å². The van der Waals surface area contributed by atoms with Crippen LogP contribution in [0.4, 0.5) is 18.9 Å². The largest absolute Gasteiger partial charge is 0.416 e. The molecule has 0 aliphatic carbocycles. The third-order valence-corrected chi connectivity index (χ3v) is 4.12. The van der Waals surface area contributed by atoms with Crippen molar-refractivity contribution in [3.63, 3.8) is 0 Å². The van der Waals surface area contributed by atoms with Crippen LogP contribution < -0.4 is 4.90 Å². The van der Waals surface area contributed by atoms with Crippen molar-refractivity contribution < 1.29 is 18.0 Å². The number of hydrogen-bond donors (Lipinski definition) is 0. The van der Waals surface area contributed by atoms with E-state index >= 15 is 0 Å². The van der Waals surface area contributed by atoms with Gasteiger partial charge in [-0.25, -0.2) is 0 Å². The highest BCUT2D eigenvalue weighted by atomic mass is 19.4. The Balaban J connectivity index is 0.00000109. The maximum absolute atomic E-state index is 12.9. The van der Waals surface area contributed by atoms with Crippen LogP contribution in [0, 0.1) is 13.8 Å². The highest BCUT2D eigenvalue weighted by molar-refractivity contribution is 6.06. The van der Waals surface area contributed by atoms with Gasteiger partial charge in [0, 0.05) is 17.8 Å². The second-order valence-electron chi connectivity index (χ2n) is 5.88. The van der Waals surface area contributed by atoms with E-state index in [-0.39, 0.29) is 17.5 Å². The summed E-state index contributed by atoms with van der Waals surface area (Å²) in [6.45, 7) is 9.49. The number of carbonyl (C=O) groups excluding carboxylic acids is 1. The zero-order valence-electron chi connectivity index (χ0n) is 15.0. The van der Waals surface area contributed by atoms with Crippen LogP contribution in [0.3, 0.4) is 0 Å². The van der Waals surface area contributed by atoms with Crippen LogP contribution in [0.2, 0.25) is 0 Å². The average molecular weight is 353 g/mol. The SMILES string of the molecule is CC.Cc1cc(N2CC(C)n3ncc(C)c3C2=O)ccc1C(F)(F)F. The molecule has 2 aromatic rings. The molecule has 1 unspecified atom stereocenters. The summed E-state index contributed by atoms with van der Waals surface area (Å²) < 4.78 is 40.3. The number of rotatable bonds is 1. The first-order valence-corrected chi connectivity index (χ1v) is 8.24. The summed E-state index contributed by atoms with van der Waals surface area (Å²) in [4.78, 5) is 14.2. The van der Waals surface area contributed by atoms with Gasteiger partial charge in [-0.1, -0.05) is 13.8 Å². The second kappa shape index (κ2) is 6.90. The minimum atomic E-state index is -4.39. The van der Waals surface area contributed by atoms with Gasteiger partial charge in [-0.15, -0.1) is 0 Å². The Morgan fingerprint density at radius 3 is 2.36 bits per heavy atom. The molecule has 0 saturated heterocycles. The summed E-state index contributed by atoms with van der Waals surface area (Å²) in [5.41, 5.74) is 1.14. The van der Waals surface area contributed by atoms with Crippen molar-refractivity contribution in [2.45, 2.75) is 46.8 Å². The van der Waals surface area contributed by atoms with Crippen molar-refractivity contribution >= 4 is 11.6 Å². The van der Waals surface area contributed by atoms with E-state index in [1.165, 1.54) is 24.0 Å². The molecule has 1 aliphatic rings. The fourth-order valence-corrected chi connectivity index (χ4v) is 2.96. The lowest BCUT2D eigenvalue weighted by atomic mass is 10.1. The molecule has 1 aliphatic heterocycles. The minimum Gasteiger partial charge on any atom is -0.305 e. The lowest BCUT2D eigenvalue weighted by Crippen LogP contribution is -2.43. The summed E-state index contributed by atoms with van der Waals surface area (Å²) in [5, 5.41) is 4.20.